The number of unbranched alkanes of at least 4 members (excludes halogenated alkanes) is 4. The van der Waals surface area contributed by atoms with E-state index in [1.165, 1.54) is 18.0 Å². The first kappa shape index (κ1) is 37.0. The lowest BCUT2D eigenvalue weighted by molar-refractivity contribution is -0.125. The molecule has 0 saturated carbocycles. The molecule has 3 aromatic rings. The van der Waals surface area contributed by atoms with Gasteiger partial charge in [-0.15, -0.1) is 0 Å². The van der Waals surface area contributed by atoms with Crippen LogP contribution in [0.3, 0.4) is 0 Å². The van der Waals surface area contributed by atoms with Gasteiger partial charge in [-0.1, -0.05) is 37.5 Å². The molecule has 52 heavy (non-hydrogen) atoms. The fourth-order valence-corrected chi connectivity index (χ4v) is 7.89. The van der Waals surface area contributed by atoms with Gasteiger partial charge in [0.2, 0.25) is 5.91 Å². The molecule has 0 radical (unpaired) electrons. The molecule has 3 aromatic carbocycles. The van der Waals surface area contributed by atoms with E-state index in [2.05, 4.69) is 10.2 Å². The van der Waals surface area contributed by atoms with Crippen molar-refractivity contribution in [2.75, 3.05) is 45.3 Å². The van der Waals surface area contributed by atoms with E-state index in [9.17, 15) is 23.6 Å². The Kier molecular flexibility index (Phi) is 12.2. The lowest BCUT2D eigenvalue weighted by Gasteiger charge is -2.33. The van der Waals surface area contributed by atoms with E-state index >= 15 is 0 Å². The number of methoxy groups -OCH3 is 1. The quantitative estimate of drug-likeness (QED) is 0.130. The van der Waals surface area contributed by atoms with Gasteiger partial charge in [-0.3, -0.25) is 14.4 Å². The second-order valence-corrected chi connectivity index (χ2v) is 13.9. The number of benzene rings is 3. The van der Waals surface area contributed by atoms with Gasteiger partial charge in [0, 0.05) is 42.9 Å². The fraction of sp³-hybridized carbons (Fsp3) is 0.463. The van der Waals surface area contributed by atoms with Gasteiger partial charge in [0.25, 0.3) is 11.8 Å². The topological polar surface area (TPSA) is 108 Å². The van der Waals surface area contributed by atoms with Gasteiger partial charge in [-0.05, 0) is 105 Å². The molecular weight excluding hydrogens is 663 g/mol. The molecule has 11 heteroatoms. The number of amides is 3. The number of hydrogen-bond donors (Lipinski definition) is 1. The van der Waals surface area contributed by atoms with E-state index in [0.29, 0.717) is 30.2 Å². The first-order valence-corrected chi connectivity index (χ1v) is 18.5. The summed E-state index contributed by atoms with van der Waals surface area (Å²) in [7, 11) is 3.13. The van der Waals surface area contributed by atoms with Crippen molar-refractivity contribution in [1.82, 2.24) is 15.1 Å². The molecule has 0 aromatic heterocycles. The predicted octanol–water partition coefficient (Wildman–Crippen LogP) is 6.25. The molecule has 3 aliphatic heterocycles. The molecule has 10 nitrogen and oxygen atoms in total. The van der Waals surface area contributed by atoms with Crippen LogP contribution in [0.5, 0.6) is 11.5 Å². The molecule has 1 unspecified atom stereocenters. The maximum absolute atomic E-state index is 14.8. The summed E-state index contributed by atoms with van der Waals surface area (Å²) in [6.45, 7) is 4.21. The Morgan fingerprint density at radius 2 is 1.71 bits per heavy atom. The molecule has 3 heterocycles. The van der Waals surface area contributed by atoms with E-state index in [1.807, 2.05) is 42.5 Å². The number of carbonyl (C=O) groups is 4. The monoisotopic (exact) mass is 712 g/mol. The summed E-state index contributed by atoms with van der Waals surface area (Å²) in [6, 6.07) is 15.4. The maximum atomic E-state index is 14.8. The summed E-state index contributed by atoms with van der Waals surface area (Å²) < 4.78 is 26.5. The fourth-order valence-electron chi connectivity index (χ4n) is 7.89. The van der Waals surface area contributed by atoms with Gasteiger partial charge in [-0.25, -0.2) is 4.39 Å². The number of nitrogens with zero attached hydrogens (tertiary/aromatic N) is 3. The summed E-state index contributed by atoms with van der Waals surface area (Å²) >= 11 is 0. The molecule has 1 fully saturated rings. The number of nitrogens with one attached hydrogen (secondary N) is 1. The second kappa shape index (κ2) is 17.2. The van der Waals surface area contributed by atoms with E-state index in [0.717, 1.165) is 98.8 Å². The molecule has 6 rings (SSSR count). The minimum absolute atomic E-state index is 0.00235. The van der Waals surface area contributed by atoms with Crippen LogP contribution in [0, 0.1) is 5.82 Å². The molecule has 0 bridgehead atoms. The zero-order chi connectivity index (χ0) is 36.6. The summed E-state index contributed by atoms with van der Waals surface area (Å²) in [5.74, 6) is 0.328. The summed E-state index contributed by atoms with van der Waals surface area (Å²) in [5, 5.41) is 2.60. The van der Waals surface area contributed by atoms with Gasteiger partial charge >= 0.3 is 0 Å². The van der Waals surface area contributed by atoms with Crippen molar-refractivity contribution >= 4 is 29.7 Å². The SMILES string of the molecule is CNC(=O)C(CCC=O)N1Cc2c(cc(F)cc2C2CCN(CCCCCCCOc3cc(N4Cc5ccccc5C4=O)ccc3OC)CC2)C1=O. The number of fused-ring (bicyclic) bond motifs is 2. The normalized spacial score (nSPS) is 16.5. The highest BCUT2D eigenvalue weighted by atomic mass is 19.1. The van der Waals surface area contributed by atoms with Crippen LogP contribution in [0.1, 0.15) is 101 Å². The van der Waals surface area contributed by atoms with E-state index in [4.69, 9.17) is 9.47 Å². The number of hydrogen-bond acceptors (Lipinski definition) is 7. The number of aldehydes is 1. The number of piperidine rings is 1. The van der Waals surface area contributed by atoms with Crippen LogP contribution in [-0.2, 0) is 22.7 Å². The van der Waals surface area contributed by atoms with Crippen LogP contribution in [0.15, 0.2) is 54.6 Å². The second-order valence-electron chi connectivity index (χ2n) is 13.9. The first-order valence-electron chi connectivity index (χ1n) is 18.5. The van der Waals surface area contributed by atoms with Crippen molar-refractivity contribution in [2.45, 2.75) is 82.8 Å². The molecule has 0 spiro atoms. The molecule has 1 N–H and O–H groups in total. The van der Waals surface area contributed by atoms with Crippen LogP contribution in [-0.4, -0.2) is 80.2 Å². The third-order valence-corrected chi connectivity index (χ3v) is 10.7. The number of ether oxygens (including phenoxy) is 2. The van der Waals surface area contributed by atoms with Crippen LogP contribution in [0.4, 0.5) is 10.1 Å². The van der Waals surface area contributed by atoms with Crippen molar-refractivity contribution in [3.63, 3.8) is 0 Å². The number of carbonyl (C=O) groups excluding carboxylic acids is 4. The van der Waals surface area contributed by atoms with E-state index in [1.54, 1.807) is 18.1 Å². The van der Waals surface area contributed by atoms with Gasteiger partial charge in [-0.2, -0.15) is 0 Å². The Balaban J connectivity index is 0.916. The molecule has 3 amide bonds. The standard InChI is InChI=1S/C41H49FN4O6/c1-43-39(48)36(13-10-21-47)46-27-35-33(23-30(42)24-34(35)41(46)50)28-16-19-44(20-17-28)18-8-4-3-5-9-22-52-38-25-31(14-15-37(38)51-2)45-26-29-11-6-7-12-32(29)40(45)49/h6-7,11-12,14-15,21,23-25,28,36H,3-5,8-10,13,16-20,22,26-27H2,1-2H3,(H,43,48). The van der Waals surface area contributed by atoms with E-state index < -0.39 is 11.9 Å². The minimum Gasteiger partial charge on any atom is -0.493 e. The lowest BCUT2D eigenvalue weighted by Crippen LogP contribution is -2.46. The lowest BCUT2D eigenvalue weighted by atomic mass is 9.85. The van der Waals surface area contributed by atoms with Crippen LogP contribution in [0.25, 0.3) is 0 Å². The zero-order valence-electron chi connectivity index (χ0n) is 30.2. The van der Waals surface area contributed by atoms with Gasteiger partial charge < -0.3 is 34.3 Å². The molecule has 1 atom stereocenters. The highest BCUT2D eigenvalue weighted by Crippen LogP contribution is 2.38. The van der Waals surface area contributed by atoms with Crippen molar-refractivity contribution in [1.29, 1.82) is 0 Å². The highest BCUT2D eigenvalue weighted by molar-refractivity contribution is 6.10. The van der Waals surface area contributed by atoms with Crippen LogP contribution < -0.4 is 19.7 Å². The minimum atomic E-state index is -0.770. The molecule has 1 saturated heterocycles. The number of likely N-dealkylation sites (tertiary alicyclic amines) is 1. The summed E-state index contributed by atoms with van der Waals surface area (Å²) in [4.78, 5) is 55.7. The Labute approximate surface area is 305 Å². The number of anilines is 1. The number of rotatable bonds is 17. The maximum Gasteiger partial charge on any atom is 0.258 e. The van der Waals surface area contributed by atoms with Gasteiger partial charge in [0.05, 0.1) is 20.3 Å². The Morgan fingerprint density at radius 1 is 0.942 bits per heavy atom. The predicted molar refractivity (Wildman–Crippen MR) is 196 cm³/mol. The van der Waals surface area contributed by atoms with Crippen molar-refractivity contribution in [3.8, 4) is 11.5 Å². The largest absolute Gasteiger partial charge is 0.493 e. The third-order valence-electron chi connectivity index (χ3n) is 10.7. The molecular formula is C41H49FN4O6. The average molecular weight is 713 g/mol. The summed E-state index contributed by atoms with van der Waals surface area (Å²) in [6.07, 6.45) is 8.24. The Hall–Kier alpha value is -4.77. The zero-order valence-corrected chi connectivity index (χ0v) is 30.2. The van der Waals surface area contributed by atoms with Gasteiger partial charge in [0.15, 0.2) is 11.5 Å². The summed E-state index contributed by atoms with van der Waals surface area (Å²) in [5.41, 5.74) is 4.58. The number of likely N-dealkylation sites (N-methyl/N-ethyl adjacent to an activating group) is 1. The Bertz CT molecular complexity index is 1770. The smallest absolute Gasteiger partial charge is 0.258 e. The van der Waals surface area contributed by atoms with Crippen LogP contribution >= 0.6 is 0 Å². The van der Waals surface area contributed by atoms with Gasteiger partial charge in [0.1, 0.15) is 18.1 Å². The first-order chi connectivity index (χ1) is 25.3. The van der Waals surface area contributed by atoms with Crippen molar-refractivity contribution in [3.05, 3.63) is 88.2 Å². The van der Waals surface area contributed by atoms with Crippen molar-refractivity contribution in [2.24, 2.45) is 0 Å². The number of halogens is 1. The highest BCUT2D eigenvalue weighted by Gasteiger charge is 2.39. The van der Waals surface area contributed by atoms with Crippen LogP contribution in [0.2, 0.25) is 0 Å². The average Bonchev–Trinajstić information content (AvgIpc) is 3.68. The molecule has 0 aliphatic carbocycles. The molecule has 3 aliphatic rings. The Morgan fingerprint density at radius 3 is 2.46 bits per heavy atom. The third kappa shape index (κ3) is 8.14. The van der Waals surface area contributed by atoms with E-state index in [-0.39, 0.29) is 43.0 Å². The van der Waals surface area contributed by atoms with Crippen molar-refractivity contribution < 1.29 is 33.0 Å². The molecule has 276 valence electrons.